The lowest BCUT2D eigenvalue weighted by molar-refractivity contribution is 0.104. The third kappa shape index (κ3) is 3.83. The van der Waals surface area contributed by atoms with E-state index in [1.165, 1.54) is 40.6 Å². The van der Waals surface area contributed by atoms with Crippen LogP contribution in [0.25, 0.3) is 6.08 Å². The van der Waals surface area contributed by atoms with Gasteiger partial charge in [0.05, 0.1) is 28.4 Å². The monoisotopic (exact) mass is 360 g/mol. The molecule has 7 heteroatoms. The summed E-state index contributed by atoms with van der Waals surface area (Å²) in [6.07, 6.45) is 2.81. The average molecular weight is 360 g/mol. The van der Waals surface area contributed by atoms with Crippen LogP contribution in [-0.2, 0) is 0 Å². The molecule has 0 atom stereocenters. The number of methoxy groups -OCH3 is 4. The highest BCUT2D eigenvalue weighted by Gasteiger charge is 2.17. The van der Waals surface area contributed by atoms with Crippen molar-refractivity contribution in [2.45, 2.75) is 0 Å². The van der Waals surface area contributed by atoms with Gasteiger partial charge in [-0.1, -0.05) is 6.08 Å². The second-order valence-electron chi connectivity index (χ2n) is 5.20. The highest BCUT2D eigenvalue weighted by Crippen LogP contribution is 2.39. The van der Waals surface area contributed by atoms with Crippen molar-refractivity contribution >= 4 is 11.9 Å². The number of carbonyl (C=O) groups excluding carboxylic acids is 1. The Morgan fingerprint density at radius 1 is 0.846 bits per heavy atom. The van der Waals surface area contributed by atoms with Crippen molar-refractivity contribution < 1.29 is 34.0 Å². The first kappa shape index (κ1) is 19.0. The molecule has 0 saturated carbocycles. The number of aromatic hydroxyl groups is 2. The minimum atomic E-state index is -0.492. The van der Waals surface area contributed by atoms with E-state index < -0.39 is 5.78 Å². The number of hydrogen-bond donors (Lipinski definition) is 2. The summed E-state index contributed by atoms with van der Waals surface area (Å²) in [6.45, 7) is 0. The maximum Gasteiger partial charge on any atom is 0.203 e. The Hall–Kier alpha value is -3.35. The Morgan fingerprint density at radius 2 is 1.42 bits per heavy atom. The number of allylic oxidation sites excluding steroid dienone is 1. The molecule has 0 aliphatic heterocycles. The molecular formula is C19H20O7. The summed E-state index contributed by atoms with van der Waals surface area (Å²) in [4.78, 5) is 12.5. The van der Waals surface area contributed by atoms with Gasteiger partial charge in [0.15, 0.2) is 17.3 Å². The van der Waals surface area contributed by atoms with Gasteiger partial charge >= 0.3 is 0 Å². The number of rotatable bonds is 7. The zero-order valence-corrected chi connectivity index (χ0v) is 14.9. The molecular weight excluding hydrogens is 340 g/mol. The lowest BCUT2D eigenvalue weighted by Gasteiger charge is -2.13. The minimum absolute atomic E-state index is 0.0472. The van der Waals surface area contributed by atoms with E-state index in [1.54, 1.807) is 18.2 Å². The van der Waals surface area contributed by atoms with Crippen molar-refractivity contribution in [1.29, 1.82) is 0 Å². The molecule has 0 saturated heterocycles. The molecule has 0 aromatic heterocycles. The minimum Gasteiger partial charge on any atom is -0.508 e. The Balaban J connectivity index is 2.40. The lowest BCUT2D eigenvalue weighted by atomic mass is 10.1. The highest BCUT2D eigenvalue weighted by atomic mass is 16.5. The number of ether oxygens (including phenoxy) is 4. The summed E-state index contributed by atoms with van der Waals surface area (Å²) in [6, 6.07) is 5.68. The number of phenolic OH excluding ortho intramolecular Hbond substituents is 2. The molecule has 2 rings (SSSR count). The van der Waals surface area contributed by atoms with Gasteiger partial charge in [0, 0.05) is 12.1 Å². The predicted molar refractivity (Wildman–Crippen MR) is 95.8 cm³/mol. The summed E-state index contributed by atoms with van der Waals surface area (Å²) in [5.74, 6) is 0.338. The first-order valence-electron chi connectivity index (χ1n) is 7.57. The van der Waals surface area contributed by atoms with Gasteiger partial charge in [0.1, 0.15) is 22.8 Å². The fraction of sp³-hybridized carbons (Fsp3) is 0.211. The van der Waals surface area contributed by atoms with Crippen molar-refractivity contribution in [2.75, 3.05) is 28.4 Å². The molecule has 0 radical (unpaired) electrons. The number of carbonyl (C=O) groups is 1. The van der Waals surface area contributed by atoms with Gasteiger partial charge in [-0.05, 0) is 23.8 Å². The molecule has 0 unspecified atom stereocenters. The molecule has 0 spiro atoms. The molecule has 0 aliphatic carbocycles. The van der Waals surface area contributed by atoms with Crippen LogP contribution in [0.4, 0.5) is 0 Å². The Labute approximate surface area is 151 Å². The predicted octanol–water partition coefficient (Wildman–Crippen LogP) is 3.03. The van der Waals surface area contributed by atoms with E-state index in [0.29, 0.717) is 22.8 Å². The Bertz CT molecular complexity index is 815. The van der Waals surface area contributed by atoms with E-state index in [1.807, 2.05) is 0 Å². The molecule has 0 fully saturated rings. The molecule has 138 valence electrons. The molecule has 2 aromatic carbocycles. The van der Waals surface area contributed by atoms with Crippen LogP contribution in [0.2, 0.25) is 0 Å². The Kier molecular flexibility index (Phi) is 5.95. The van der Waals surface area contributed by atoms with Crippen LogP contribution in [0.1, 0.15) is 15.9 Å². The van der Waals surface area contributed by atoms with Crippen molar-refractivity contribution in [3.05, 3.63) is 41.5 Å². The molecule has 2 aromatic rings. The van der Waals surface area contributed by atoms with Crippen LogP contribution in [-0.4, -0.2) is 44.4 Å². The third-order valence-electron chi connectivity index (χ3n) is 3.65. The molecule has 2 N–H and O–H groups in total. The smallest absolute Gasteiger partial charge is 0.203 e. The molecule has 26 heavy (non-hydrogen) atoms. The summed E-state index contributed by atoms with van der Waals surface area (Å²) < 4.78 is 20.8. The molecule has 0 amide bonds. The van der Waals surface area contributed by atoms with E-state index in [0.717, 1.165) is 6.07 Å². The summed E-state index contributed by atoms with van der Waals surface area (Å²) in [7, 11) is 5.83. The first-order valence-corrected chi connectivity index (χ1v) is 7.57. The summed E-state index contributed by atoms with van der Waals surface area (Å²) >= 11 is 0. The SMILES string of the molecule is COc1cc(C=CC(=O)c2c(O)cc(O)cc2OC)cc(OC)c1OC. The standard InChI is InChI=1S/C19H20O7/c1-23-15-10-12(20)9-14(22)18(15)13(21)6-5-11-7-16(24-2)19(26-4)17(8-11)25-3/h5-10,20,22H,1-4H3. The fourth-order valence-corrected chi connectivity index (χ4v) is 2.45. The normalized spacial score (nSPS) is 10.6. The van der Waals surface area contributed by atoms with Crippen molar-refractivity contribution in [3.63, 3.8) is 0 Å². The van der Waals surface area contributed by atoms with Crippen molar-refractivity contribution in [3.8, 4) is 34.5 Å². The maximum absolute atomic E-state index is 12.5. The first-order chi connectivity index (χ1) is 12.4. The van der Waals surface area contributed by atoms with Crippen molar-refractivity contribution in [2.24, 2.45) is 0 Å². The van der Waals surface area contributed by atoms with Crippen molar-refractivity contribution in [1.82, 2.24) is 0 Å². The molecule has 0 aliphatic rings. The van der Waals surface area contributed by atoms with Crippen LogP contribution in [0, 0.1) is 0 Å². The van der Waals surface area contributed by atoms with Crippen LogP contribution in [0.3, 0.4) is 0 Å². The summed E-state index contributed by atoms with van der Waals surface area (Å²) in [5, 5.41) is 19.4. The van der Waals surface area contributed by atoms with Crippen LogP contribution in [0.15, 0.2) is 30.3 Å². The number of benzene rings is 2. The number of ketones is 1. The quantitative estimate of drug-likeness (QED) is 0.579. The number of phenols is 2. The van der Waals surface area contributed by atoms with E-state index >= 15 is 0 Å². The second kappa shape index (κ2) is 8.15. The van der Waals surface area contributed by atoms with Gasteiger partial charge in [-0.15, -0.1) is 0 Å². The maximum atomic E-state index is 12.5. The van der Waals surface area contributed by atoms with Gasteiger partial charge in [-0.2, -0.15) is 0 Å². The van der Waals surface area contributed by atoms with Gasteiger partial charge in [0.2, 0.25) is 5.75 Å². The van der Waals surface area contributed by atoms with Gasteiger partial charge in [-0.25, -0.2) is 0 Å². The molecule has 0 bridgehead atoms. The fourth-order valence-electron chi connectivity index (χ4n) is 2.45. The lowest BCUT2D eigenvalue weighted by Crippen LogP contribution is -2.00. The topological polar surface area (TPSA) is 94.5 Å². The van der Waals surface area contributed by atoms with E-state index in [2.05, 4.69) is 0 Å². The van der Waals surface area contributed by atoms with E-state index in [4.69, 9.17) is 18.9 Å². The van der Waals surface area contributed by atoms with Crippen LogP contribution >= 0.6 is 0 Å². The van der Waals surface area contributed by atoms with Gasteiger partial charge in [-0.3, -0.25) is 4.79 Å². The summed E-state index contributed by atoms with van der Waals surface area (Å²) in [5.41, 5.74) is 0.582. The highest BCUT2D eigenvalue weighted by molar-refractivity contribution is 6.10. The average Bonchev–Trinajstić information content (AvgIpc) is 2.64. The van der Waals surface area contributed by atoms with Gasteiger partial charge < -0.3 is 29.2 Å². The Morgan fingerprint density at radius 3 is 1.92 bits per heavy atom. The zero-order valence-electron chi connectivity index (χ0n) is 14.9. The van der Waals surface area contributed by atoms with Crippen LogP contribution in [0.5, 0.6) is 34.5 Å². The molecule has 0 heterocycles. The zero-order chi connectivity index (χ0) is 19.3. The van der Waals surface area contributed by atoms with Gasteiger partial charge in [0.25, 0.3) is 0 Å². The van der Waals surface area contributed by atoms with E-state index in [9.17, 15) is 15.0 Å². The number of hydrogen-bond acceptors (Lipinski definition) is 7. The third-order valence-corrected chi connectivity index (χ3v) is 3.65. The molecule has 7 nitrogen and oxygen atoms in total. The largest absolute Gasteiger partial charge is 0.508 e. The van der Waals surface area contributed by atoms with Crippen LogP contribution < -0.4 is 18.9 Å². The second-order valence-corrected chi connectivity index (χ2v) is 5.20. The van der Waals surface area contributed by atoms with E-state index in [-0.39, 0.29) is 22.8 Å².